The first-order chi connectivity index (χ1) is 8.15. The summed E-state index contributed by atoms with van der Waals surface area (Å²) in [5, 5.41) is 11.2. The maximum absolute atomic E-state index is 12.0. The Balaban J connectivity index is 1.97. The minimum Gasteiger partial charge on any atom is -0.481 e. The lowest BCUT2D eigenvalue weighted by Gasteiger charge is -2.15. The number of rotatable bonds is 5. The van der Waals surface area contributed by atoms with Crippen molar-refractivity contribution >= 4 is 11.9 Å². The van der Waals surface area contributed by atoms with Crippen LogP contribution >= 0.6 is 0 Å². The number of hydrogen-bond acceptors (Lipinski definition) is 2. The topological polar surface area (TPSA) is 66.4 Å². The molecular weight excluding hydrogens is 218 g/mol. The molecule has 1 fully saturated rings. The van der Waals surface area contributed by atoms with Gasteiger partial charge in [0.2, 0.25) is 5.91 Å². The summed E-state index contributed by atoms with van der Waals surface area (Å²) in [5.41, 5.74) is 0.618. The number of carbonyl (C=O) groups excluding carboxylic acids is 1. The van der Waals surface area contributed by atoms with Crippen LogP contribution in [0.4, 0.5) is 0 Å². The van der Waals surface area contributed by atoms with Gasteiger partial charge in [0, 0.05) is 6.54 Å². The van der Waals surface area contributed by atoms with Crippen molar-refractivity contribution in [3.63, 3.8) is 0 Å². The monoisotopic (exact) mass is 233 g/mol. The van der Waals surface area contributed by atoms with Crippen LogP contribution in [0.2, 0.25) is 0 Å². The summed E-state index contributed by atoms with van der Waals surface area (Å²) in [6.07, 6.45) is 1.66. The van der Waals surface area contributed by atoms with Gasteiger partial charge < -0.3 is 10.4 Å². The average molecular weight is 233 g/mol. The lowest BCUT2D eigenvalue weighted by atomic mass is 9.95. The Morgan fingerprint density at radius 2 is 1.88 bits per heavy atom. The molecule has 1 aliphatic rings. The number of nitrogens with one attached hydrogen (secondary N) is 1. The van der Waals surface area contributed by atoms with Crippen LogP contribution in [0.3, 0.4) is 0 Å². The van der Waals surface area contributed by atoms with Gasteiger partial charge in [-0.2, -0.15) is 0 Å². The van der Waals surface area contributed by atoms with Gasteiger partial charge in [-0.05, 0) is 18.4 Å². The number of aliphatic carboxylic acids is 1. The molecule has 0 spiro atoms. The molecule has 1 aliphatic carbocycles. The summed E-state index contributed by atoms with van der Waals surface area (Å²) in [4.78, 5) is 22.4. The van der Waals surface area contributed by atoms with Crippen molar-refractivity contribution in [2.45, 2.75) is 24.7 Å². The molecule has 90 valence electrons. The number of carboxylic acids is 1. The van der Waals surface area contributed by atoms with E-state index in [0.717, 1.165) is 18.4 Å². The van der Waals surface area contributed by atoms with Gasteiger partial charge in [-0.3, -0.25) is 9.59 Å². The highest BCUT2D eigenvalue weighted by Gasteiger charge is 2.50. The number of hydrogen-bond donors (Lipinski definition) is 2. The van der Waals surface area contributed by atoms with Crippen molar-refractivity contribution < 1.29 is 14.7 Å². The molecule has 4 nitrogen and oxygen atoms in total. The van der Waals surface area contributed by atoms with Gasteiger partial charge in [-0.25, -0.2) is 0 Å². The van der Waals surface area contributed by atoms with E-state index in [4.69, 9.17) is 5.11 Å². The molecule has 0 unspecified atom stereocenters. The van der Waals surface area contributed by atoms with Crippen LogP contribution in [0.25, 0.3) is 0 Å². The molecule has 1 aromatic rings. The van der Waals surface area contributed by atoms with E-state index in [1.165, 1.54) is 0 Å². The first-order valence-electron chi connectivity index (χ1n) is 5.71. The number of carbonyl (C=O) groups is 2. The van der Waals surface area contributed by atoms with Gasteiger partial charge in [-0.15, -0.1) is 0 Å². The zero-order valence-electron chi connectivity index (χ0n) is 9.48. The second-order valence-corrected chi connectivity index (χ2v) is 4.35. The van der Waals surface area contributed by atoms with Crippen LogP contribution in [0.1, 0.15) is 24.8 Å². The summed E-state index contributed by atoms with van der Waals surface area (Å²) >= 11 is 0. The number of benzene rings is 1. The third kappa shape index (κ3) is 2.46. The molecule has 0 aromatic heterocycles. The third-order valence-corrected chi connectivity index (χ3v) is 3.14. The van der Waals surface area contributed by atoms with Crippen molar-refractivity contribution in [2.75, 3.05) is 6.54 Å². The van der Waals surface area contributed by atoms with Crippen LogP contribution in [0.15, 0.2) is 30.3 Å². The fourth-order valence-electron chi connectivity index (χ4n) is 1.98. The Hall–Kier alpha value is -1.84. The van der Waals surface area contributed by atoms with Crippen molar-refractivity contribution in [3.05, 3.63) is 35.9 Å². The van der Waals surface area contributed by atoms with E-state index in [1.807, 2.05) is 30.3 Å². The molecule has 1 saturated carbocycles. The molecule has 17 heavy (non-hydrogen) atoms. The van der Waals surface area contributed by atoms with Crippen molar-refractivity contribution in [3.8, 4) is 0 Å². The fraction of sp³-hybridized carbons (Fsp3) is 0.385. The van der Waals surface area contributed by atoms with Crippen LogP contribution in [0.5, 0.6) is 0 Å². The van der Waals surface area contributed by atoms with E-state index < -0.39 is 11.4 Å². The summed E-state index contributed by atoms with van der Waals surface area (Å²) < 4.78 is 0. The quantitative estimate of drug-likeness (QED) is 0.805. The Morgan fingerprint density at radius 1 is 1.24 bits per heavy atom. The molecular formula is C13H15NO3. The Morgan fingerprint density at radius 3 is 2.41 bits per heavy atom. The highest BCUT2D eigenvalue weighted by Crippen LogP contribution is 2.48. The normalized spacial score (nSPS) is 16.2. The standard InChI is InChI=1S/C13H15NO3/c15-11(16)6-9-14-12(17)13(7-8-13)10-4-2-1-3-5-10/h1-5H,6-9H2,(H,14,17)(H,15,16). The molecule has 4 heteroatoms. The number of amides is 1. The van der Waals surface area contributed by atoms with Crippen LogP contribution in [-0.2, 0) is 15.0 Å². The van der Waals surface area contributed by atoms with E-state index in [-0.39, 0.29) is 18.9 Å². The average Bonchev–Trinajstić information content (AvgIpc) is 3.11. The van der Waals surface area contributed by atoms with Crippen LogP contribution < -0.4 is 5.32 Å². The molecule has 0 atom stereocenters. The maximum Gasteiger partial charge on any atom is 0.305 e. The first-order valence-corrected chi connectivity index (χ1v) is 5.71. The predicted octanol–water partition coefficient (Wildman–Crippen LogP) is 1.31. The fourth-order valence-corrected chi connectivity index (χ4v) is 1.98. The lowest BCUT2D eigenvalue weighted by Crippen LogP contribution is -2.35. The van der Waals surface area contributed by atoms with Crippen LogP contribution in [-0.4, -0.2) is 23.5 Å². The first kappa shape index (κ1) is 11.6. The molecule has 0 saturated heterocycles. The van der Waals surface area contributed by atoms with Gasteiger partial charge >= 0.3 is 5.97 Å². The molecule has 1 aromatic carbocycles. The molecule has 0 radical (unpaired) electrons. The van der Waals surface area contributed by atoms with E-state index in [2.05, 4.69) is 5.32 Å². The lowest BCUT2D eigenvalue weighted by molar-refractivity contribution is -0.137. The Bertz CT molecular complexity index is 424. The van der Waals surface area contributed by atoms with E-state index in [1.54, 1.807) is 0 Å². The van der Waals surface area contributed by atoms with Crippen molar-refractivity contribution in [2.24, 2.45) is 0 Å². The maximum atomic E-state index is 12.0. The largest absolute Gasteiger partial charge is 0.481 e. The summed E-state index contributed by atoms with van der Waals surface area (Å²) in [6, 6.07) is 9.65. The van der Waals surface area contributed by atoms with Crippen molar-refractivity contribution in [1.29, 1.82) is 0 Å². The molecule has 0 bridgehead atoms. The molecule has 2 N–H and O–H groups in total. The van der Waals surface area contributed by atoms with E-state index in [9.17, 15) is 9.59 Å². The minimum atomic E-state index is -0.894. The SMILES string of the molecule is O=C(O)CCNC(=O)C1(c2ccccc2)CC1. The van der Waals surface area contributed by atoms with E-state index in [0.29, 0.717) is 0 Å². The third-order valence-electron chi connectivity index (χ3n) is 3.14. The molecule has 1 amide bonds. The summed E-state index contributed by atoms with van der Waals surface area (Å²) in [6.45, 7) is 0.197. The number of carboxylic acid groups (broad SMARTS) is 1. The zero-order valence-corrected chi connectivity index (χ0v) is 9.48. The second-order valence-electron chi connectivity index (χ2n) is 4.35. The predicted molar refractivity (Wildman–Crippen MR) is 62.6 cm³/mol. The van der Waals surface area contributed by atoms with Crippen molar-refractivity contribution in [1.82, 2.24) is 5.32 Å². The van der Waals surface area contributed by atoms with Crippen LogP contribution in [0, 0.1) is 0 Å². The van der Waals surface area contributed by atoms with Gasteiger partial charge in [0.1, 0.15) is 0 Å². The summed E-state index contributed by atoms with van der Waals surface area (Å²) in [7, 11) is 0. The molecule has 0 heterocycles. The van der Waals surface area contributed by atoms with Gasteiger partial charge in [0.25, 0.3) is 0 Å². The highest BCUT2D eigenvalue weighted by atomic mass is 16.4. The van der Waals surface area contributed by atoms with Gasteiger partial charge in [0.15, 0.2) is 0 Å². The smallest absolute Gasteiger partial charge is 0.305 e. The second kappa shape index (κ2) is 4.57. The molecule has 2 rings (SSSR count). The Labute approximate surface area is 99.6 Å². The minimum absolute atomic E-state index is 0.0311. The molecule has 0 aliphatic heterocycles. The highest BCUT2D eigenvalue weighted by molar-refractivity contribution is 5.91. The zero-order chi connectivity index (χ0) is 12.3. The summed E-state index contributed by atoms with van der Waals surface area (Å²) in [5.74, 6) is -0.945. The van der Waals surface area contributed by atoms with Gasteiger partial charge in [0.05, 0.1) is 11.8 Å². The van der Waals surface area contributed by atoms with E-state index >= 15 is 0 Å². The van der Waals surface area contributed by atoms with Gasteiger partial charge in [-0.1, -0.05) is 30.3 Å². The Kier molecular flexibility index (Phi) is 3.13.